The Hall–Kier alpha value is -2.70. The summed E-state index contributed by atoms with van der Waals surface area (Å²) in [5, 5.41) is 7.85. The lowest BCUT2D eigenvalue weighted by Gasteiger charge is -2.08. The zero-order chi connectivity index (χ0) is 16.8. The van der Waals surface area contributed by atoms with Crippen LogP contribution in [0.15, 0.2) is 29.1 Å². The summed E-state index contributed by atoms with van der Waals surface area (Å²) < 4.78 is 6.14. The second kappa shape index (κ2) is 7.53. The van der Waals surface area contributed by atoms with Crippen LogP contribution in [0.1, 0.15) is 19.0 Å². The van der Waals surface area contributed by atoms with E-state index in [2.05, 4.69) is 10.4 Å². The number of aryl methyl sites for hydroxylation is 1. The number of fused-ring (bicyclic) bond motifs is 1. The highest BCUT2D eigenvalue weighted by molar-refractivity contribution is 5.87. The molecule has 2 aromatic rings. The number of rotatable bonds is 6. The molecular formula is C16H19N3O4. The van der Waals surface area contributed by atoms with Crippen molar-refractivity contribution in [2.75, 3.05) is 13.2 Å². The summed E-state index contributed by atoms with van der Waals surface area (Å²) in [6.07, 6.45) is 0.712. The molecule has 0 fully saturated rings. The van der Waals surface area contributed by atoms with Crippen molar-refractivity contribution in [1.29, 1.82) is 0 Å². The topological polar surface area (TPSA) is 90.3 Å². The normalized spacial score (nSPS) is 10.5. The van der Waals surface area contributed by atoms with Gasteiger partial charge in [0, 0.05) is 19.0 Å². The summed E-state index contributed by atoms with van der Waals surface area (Å²) in [6.45, 7) is 2.16. The van der Waals surface area contributed by atoms with E-state index >= 15 is 0 Å². The number of nitrogens with zero attached hydrogens (tertiary/aromatic N) is 2. The Kier molecular flexibility index (Phi) is 5.46. The fraction of sp³-hybridized carbons (Fsp3) is 0.375. The van der Waals surface area contributed by atoms with Crippen LogP contribution in [0.25, 0.3) is 10.8 Å². The third kappa shape index (κ3) is 4.15. The Labute approximate surface area is 133 Å². The Morgan fingerprint density at radius 1 is 1.26 bits per heavy atom. The van der Waals surface area contributed by atoms with Crippen molar-refractivity contribution in [2.24, 2.45) is 7.05 Å². The van der Waals surface area contributed by atoms with E-state index < -0.39 is 5.97 Å². The predicted octanol–water partition coefficient (Wildman–Crippen LogP) is 0.545. The first-order valence-corrected chi connectivity index (χ1v) is 7.40. The molecular weight excluding hydrogens is 298 g/mol. The molecule has 0 aliphatic rings. The average molecular weight is 317 g/mol. The van der Waals surface area contributed by atoms with E-state index in [-0.39, 0.29) is 24.5 Å². The fourth-order valence-electron chi connectivity index (χ4n) is 2.16. The Balaban J connectivity index is 2.10. The highest BCUT2D eigenvalue weighted by atomic mass is 16.5. The van der Waals surface area contributed by atoms with E-state index in [0.717, 1.165) is 6.42 Å². The molecule has 1 amide bonds. The molecule has 7 nitrogen and oxygen atoms in total. The van der Waals surface area contributed by atoms with Crippen LogP contribution in [0.2, 0.25) is 0 Å². The lowest BCUT2D eigenvalue weighted by atomic mass is 10.1. The van der Waals surface area contributed by atoms with Crippen LogP contribution in [-0.4, -0.2) is 34.8 Å². The van der Waals surface area contributed by atoms with Gasteiger partial charge in [0.15, 0.2) is 6.61 Å². The SMILES string of the molecule is CCCNC(=O)COC(=O)Cc1nn(C)c(=O)c2ccccc12. The molecule has 0 unspecified atom stereocenters. The zero-order valence-electron chi connectivity index (χ0n) is 13.2. The standard InChI is InChI=1S/C16H19N3O4/c1-3-8-17-14(20)10-23-15(21)9-13-11-6-4-5-7-12(11)16(22)19(2)18-13/h4-7H,3,8-10H2,1-2H3,(H,17,20). The van der Waals surface area contributed by atoms with Crippen molar-refractivity contribution in [3.8, 4) is 0 Å². The molecule has 1 N–H and O–H groups in total. The predicted molar refractivity (Wildman–Crippen MR) is 84.9 cm³/mol. The molecule has 122 valence electrons. The van der Waals surface area contributed by atoms with Crippen LogP contribution in [0.3, 0.4) is 0 Å². The van der Waals surface area contributed by atoms with Gasteiger partial charge in [0.2, 0.25) is 0 Å². The van der Waals surface area contributed by atoms with Gasteiger partial charge in [0.1, 0.15) is 0 Å². The third-order valence-electron chi connectivity index (χ3n) is 3.28. The first-order valence-electron chi connectivity index (χ1n) is 7.40. The fourth-order valence-corrected chi connectivity index (χ4v) is 2.16. The lowest BCUT2D eigenvalue weighted by Crippen LogP contribution is -2.30. The summed E-state index contributed by atoms with van der Waals surface area (Å²) in [5.74, 6) is -0.897. The summed E-state index contributed by atoms with van der Waals surface area (Å²) in [6, 6.07) is 6.95. The molecule has 0 saturated carbocycles. The molecule has 0 spiro atoms. The third-order valence-corrected chi connectivity index (χ3v) is 3.28. The van der Waals surface area contributed by atoms with Crippen molar-refractivity contribution in [1.82, 2.24) is 15.1 Å². The van der Waals surface area contributed by atoms with Crippen molar-refractivity contribution in [2.45, 2.75) is 19.8 Å². The van der Waals surface area contributed by atoms with Gasteiger partial charge in [0.25, 0.3) is 11.5 Å². The highest BCUT2D eigenvalue weighted by Crippen LogP contribution is 2.13. The maximum absolute atomic E-state index is 12.0. The minimum atomic E-state index is -0.562. The molecule has 0 atom stereocenters. The van der Waals surface area contributed by atoms with Gasteiger partial charge in [-0.15, -0.1) is 0 Å². The minimum Gasteiger partial charge on any atom is -0.455 e. The minimum absolute atomic E-state index is 0.101. The molecule has 0 aliphatic heterocycles. The van der Waals surface area contributed by atoms with E-state index in [1.54, 1.807) is 24.3 Å². The summed E-state index contributed by atoms with van der Waals surface area (Å²) in [5.41, 5.74) is 0.221. The molecule has 1 heterocycles. The van der Waals surface area contributed by atoms with Crippen molar-refractivity contribution in [3.05, 3.63) is 40.3 Å². The van der Waals surface area contributed by atoms with Crippen LogP contribution >= 0.6 is 0 Å². The number of hydrogen-bond donors (Lipinski definition) is 1. The maximum Gasteiger partial charge on any atom is 0.312 e. The largest absolute Gasteiger partial charge is 0.455 e. The number of amides is 1. The molecule has 0 radical (unpaired) electrons. The van der Waals surface area contributed by atoms with Crippen LogP contribution < -0.4 is 10.9 Å². The molecule has 0 aliphatic carbocycles. The monoisotopic (exact) mass is 317 g/mol. The van der Waals surface area contributed by atoms with Crippen molar-refractivity contribution in [3.63, 3.8) is 0 Å². The van der Waals surface area contributed by atoms with Gasteiger partial charge >= 0.3 is 5.97 Å². The first kappa shape index (κ1) is 16.7. The number of aromatic nitrogens is 2. The summed E-state index contributed by atoms with van der Waals surface area (Å²) >= 11 is 0. The number of nitrogens with one attached hydrogen (secondary N) is 1. The van der Waals surface area contributed by atoms with Gasteiger partial charge in [-0.25, -0.2) is 4.68 Å². The molecule has 7 heteroatoms. The van der Waals surface area contributed by atoms with Gasteiger partial charge in [-0.3, -0.25) is 14.4 Å². The van der Waals surface area contributed by atoms with Crippen molar-refractivity contribution < 1.29 is 14.3 Å². The van der Waals surface area contributed by atoms with E-state index in [1.807, 2.05) is 6.92 Å². The average Bonchev–Trinajstić information content (AvgIpc) is 2.55. The lowest BCUT2D eigenvalue weighted by molar-refractivity contribution is -0.147. The zero-order valence-corrected chi connectivity index (χ0v) is 13.2. The van der Waals surface area contributed by atoms with Gasteiger partial charge in [0.05, 0.1) is 17.5 Å². The van der Waals surface area contributed by atoms with Crippen LogP contribution in [-0.2, 0) is 27.8 Å². The second-order valence-corrected chi connectivity index (χ2v) is 5.11. The summed E-state index contributed by atoms with van der Waals surface area (Å²) in [4.78, 5) is 35.3. The number of benzene rings is 1. The highest BCUT2D eigenvalue weighted by Gasteiger charge is 2.14. The maximum atomic E-state index is 12.0. The smallest absolute Gasteiger partial charge is 0.312 e. The van der Waals surface area contributed by atoms with Crippen LogP contribution in [0.4, 0.5) is 0 Å². The van der Waals surface area contributed by atoms with Gasteiger partial charge in [-0.05, 0) is 12.5 Å². The molecule has 0 bridgehead atoms. The number of carbonyl (C=O) groups excluding carboxylic acids is 2. The number of esters is 1. The molecule has 1 aromatic carbocycles. The van der Waals surface area contributed by atoms with E-state index in [9.17, 15) is 14.4 Å². The summed E-state index contributed by atoms with van der Waals surface area (Å²) in [7, 11) is 1.53. The quantitative estimate of drug-likeness (QED) is 0.786. The van der Waals surface area contributed by atoms with E-state index in [4.69, 9.17) is 4.74 Å². The van der Waals surface area contributed by atoms with E-state index in [0.29, 0.717) is 23.0 Å². The number of carbonyl (C=O) groups is 2. The van der Waals surface area contributed by atoms with Crippen LogP contribution in [0.5, 0.6) is 0 Å². The van der Waals surface area contributed by atoms with Gasteiger partial charge in [-0.1, -0.05) is 25.1 Å². The molecule has 1 aromatic heterocycles. The molecule has 0 saturated heterocycles. The molecule has 2 rings (SSSR count). The molecule has 23 heavy (non-hydrogen) atoms. The number of hydrogen-bond acceptors (Lipinski definition) is 5. The number of ether oxygens (including phenoxy) is 1. The van der Waals surface area contributed by atoms with E-state index in [1.165, 1.54) is 11.7 Å². The van der Waals surface area contributed by atoms with Gasteiger partial charge < -0.3 is 10.1 Å². The first-order chi connectivity index (χ1) is 11.0. The van der Waals surface area contributed by atoms with Gasteiger partial charge in [-0.2, -0.15) is 5.10 Å². The van der Waals surface area contributed by atoms with Crippen molar-refractivity contribution >= 4 is 22.6 Å². The second-order valence-electron chi connectivity index (χ2n) is 5.11. The Morgan fingerprint density at radius 3 is 2.65 bits per heavy atom. The Morgan fingerprint density at radius 2 is 1.96 bits per heavy atom. The van der Waals surface area contributed by atoms with Crippen LogP contribution in [0, 0.1) is 0 Å². The Bertz CT molecular complexity index is 782.